The van der Waals surface area contributed by atoms with Gasteiger partial charge in [-0.25, -0.2) is 22.5 Å². The van der Waals surface area contributed by atoms with Gasteiger partial charge < -0.3 is 9.47 Å². The van der Waals surface area contributed by atoms with Crippen LogP contribution in [0.4, 0.5) is 4.39 Å². The van der Waals surface area contributed by atoms with Crippen molar-refractivity contribution in [2.24, 2.45) is 0 Å². The number of sulfonamides is 1. The summed E-state index contributed by atoms with van der Waals surface area (Å²) in [6.07, 6.45) is 1.93. The quantitative estimate of drug-likeness (QED) is 0.541. The van der Waals surface area contributed by atoms with Crippen LogP contribution in [0.2, 0.25) is 5.02 Å². The number of hydrogen-bond donors (Lipinski definition) is 1. The Morgan fingerprint density at radius 1 is 1.19 bits per heavy atom. The lowest BCUT2D eigenvalue weighted by atomic mass is 10.0. The minimum atomic E-state index is -3.86. The summed E-state index contributed by atoms with van der Waals surface area (Å²) in [4.78, 5) is 16.3. The van der Waals surface area contributed by atoms with E-state index in [0.717, 1.165) is 24.0 Å². The first kappa shape index (κ1) is 23.5. The third-order valence-corrected chi connectivity index (χ3v) is 5.31. The SMILES string of the molecule is COc1cc(C(=O)NS(C)(=O)=O)c(F)cc1-c1cnc(O[C@@H](C)c2ccccc2)c(Cl)c1. The van der Waals surface area contributed by atoms with Crippen molar-refractivity contribution < 1.29 is 27.1 Å². The van der Waals surface area contributed by atoms with Gasteiger partial charge in [0.1, 0.15) is 22.7 Å². The number of ether oxygens (including phenoxy) is 2. The average Bonchev–Trinajstić information content (AvgIpc) is 2.74. The van der Waals surface area contributed by atoms with Gasteiger partial charge in [-0.3, -0.25) is 4.79 Å². The van der Waals surface area contributed by atoms with Crippen molar-refractivity contribution in [3.8, 4) is 22.8 Å². The number of hydrogen-bond acceptors (Lipinski definition) is 6. The van der Waals surface area contributed by atoms with Gasteiger partial charge in [0.25, 0.3) is 5.91 Å². The first-order valence-corrected chi connectivity index (χ1v) is 11.6. The van der Waals surface area contributed by atoms with Crippen molar-refractivity contribution >= 4 is 27.5 Å². The van der Waals surface area contributed by atoms with Gasteiger partial charge in [-0.15, -0.1) is 0 Å². The van der Waals surface area contributed by atoms with Crippen LogP contribution in [0.25, 0.3) is 11.1 Å². The van der Waals surface area contributed by atoms with Gasteiger partial charge in [0, 0.05) is 17.3 Å². The van der Waals surface area contributed by atoms with Crippen LogP contribution < -0.4 is 14.2 Å². The third-order valence-electron chi connectivity index (χ3n) is 4.49. The van der Waals surface area contributed by atoms with Gasteiger partial charge in [-0.2, -0.15) is 0 Å². The number of pyridine rings is 1. The van der Waals surface area contributed by atoms with Crippen LogP contribution in [0.3, 0.4) is 0 Å². The fourth-order valence-corrected chi connectivity index (χ4v) is 3.62. The van der Waals surface area contributed by atoms with Crippen molar-refractivity contribution in [2.45, 2.75) is 13.0 Å². The first-order valence-electron chi connectivity index (χ1n) is 9.36. The summed E-state index contributed by atoms with van der Waals surface area (Å²) in [6.45, 7) is 1.86. The predicted octanol–water partition coefficient (Wildman–Crippen LogP) is 4.38. The molecule has 2 aromatic carbocycles. The van der Waals surface area contributed by atoms with Crippen LogP contribution in [0, 0.1) is 5.82 Å². The molecule has 0 fully saturated rings. The lowest BCUT2D eigenvalue weighted by molar-refractivity contribution is 0.0977. The minimum absolute atomic E-state index is 0.134. The summed E-state index contributed by atoms with van der Waals surface area (Å²) in [5.41, 5.74) is 1.16. The molecule has 1 heterocycles. The number of halogens is 2. The number of rotatable bonds is 7. The number of nitrogens with one attached hydrogen (secondary N) is 1. The maximum Gasteiger partial charge on any atom is 0.267 e. The first-order chi connectivity index (χ1) is 15.1. The van der Waals surface area contributed by atoms with Crippen LogP contribution in [0.1, 0.15) is 28.9 Å². The van der Waals surface area contributed by atoms with Crippen molar-refractivity contribution in [1.82, 2.24) is 9.71 Å². The Kier molecular flexibility index (Phi) is 7.00. The largest absolute Gasteiger partial charge is 0.496 e. The van der Waals surface area contributed by atoms with Crippen LogP contribution in [0.5, 0.6) is 11.6 Å². The van der Waals surface area contributed by atoms with Gasteiger partial charge in [-0.05, 0) is 30.7 Å². The second-order valence-electron chi connectivity index (χ2n) is 6.92. The lowest BCUT2D eigenvalue weighted by Gasteiger charge is -2.16. The van der Waals surface area contributed by atoms with Gasteiger partial charge in [0.15, 0.2) is 0 Å². The van der Waals surface area contributed by atoms with Crippen molar-refractivity contribution in [1.29, 1.82) is 0 Å². The molecule has 0 bridgehead atoms. The number of carbonyl (C=O) groups is 1. The molecule has 168 valence electrons. The van der Waals surface area contributed by atoms with E-state index in [1.165, 1.54) is 19.4 Å². The summed E-state index contributed by atoms with van der Waals surface area (Å²) < 4.78 is 50.0. The summed E-state index contributed by atoms with van der Waals surface area (Å²) >= 11 is 6.35. The Bertz CT molecular complexity index is 1250. The zero-order valence-electron chi connectivity index (χ0n) is 17.4. The van der Waals surface area contributed by atoms with E-state index in [4.69, 9.17) is 21.1 Å². The Morgan fingerprint density at radius 2 is 1.88 bits per heavy atom. The van der Waals surface area contributed by atoms with Gasteiger partial charge in [0.2, 0.25) is 15.9 Å². The molecule has 32 heavy (non-hydrogen) atoms. The van der Waals surface area contributed by atoms with E-state index in [2.05, 4.69) is 4.98 Å². The molecule has 1 atom stereocenters. The Morgan fingerprint density at radius 3 is 2.47 bits per heavy atom. The average molecular weight is 479 g/mol. The molecular weight excluding hydrogens is 459 g/mol. The number of aromatic nitrogens is 1. The number of nitrogens with zero attached hydrogens (tertiary/aromatic N) is 1. The predicted molar refractivity (Wildman–Crippen MR) is 119 cm³/mol. The molecular formula is C22H20ClFN2O5S. The number of benzene rings is 2. The molecule has 3 aromatic rings. The summed E-state index contributed by atoms with van der Waals surface area (Å²) in [6, 6.07) is 13.2. The van der Waals surface area contributed by atoms with E-state index < -0.39 is 27.3 Å². The molecule has 0 spiro atoms. The van der Waals surface area contributed by atoms with Crippen molar-refractivity contribution in [3.63, 3.8) is 0 Å². The van der Waals surface area contributed by atoms with Crippen LogP contribution in [-0.2, 0) is 10.0 Å². The molecule has 0 aliphatic rings. The molecule has 10 heteroatoms. The maximum absolute atomic E-state index is 14.6. The highest BCUT2D eigenvalue weighted by molar-refractivity contribution is 7.89. The number of carbonyl (C=O) groups excluding carboxylic acids is 1. The Balaban J connectivity index is 1.91. The molecule has 0 aliphatic heterocycles. The van der Waals surface area contributed by atoms with Gasteiger partial charge in [-0.1, -0.05) is 41.9 Å². The van der Waals surface area contributed by atoms with E-state index in [9.17, 15) is 17.6 Å². The number of methoxy groups -OCH3 is 1. The van der Waals surface area contributed by atoms with E-state index in [0.29, 0.717) is 5.56 Å². The second kappa shape index (κ2) is 9.54. The van der Waals surface area contributed by atoms with E-state index in [-0.39, 0.29) is 28.3 Å². The van der Waals surface area contributed by atoms with Crippen molar-refractivity contribution in [2.75, 3.05) is 13.4 Å². The summed E-state index contributed by atoms with van der Waals surface area (Å²) in [5, 5.41) is 0.201. The highest BCUT2D eigenvalue weighted by Gasteiger charge is 2.21. The highest BCUT2D eigenvalue weighted by atomic mass is 35.5. The zero-order chi connectivity index (χ0) is 23.5. The molecule has 3 rings (SSSR count). The third kappa shape index (κ3) is 5.54. The highest BCUT2D eigenvalue weighted by Crippen LogP contribution is 2.36. The molecule has 1 N–H and O–H groups in total. The van der Waals surface area contributed by atoms with E-state index >= 15 is 0 Å². The fourth-order valence-electron chi connectivity index (χ4n) is 2.96. The standard InChI is InChI=1S/C22H20ClFN2O5S/c1-13(14-7-5-4-6-8-14)31-22-18(23)9-15(12-25-22)16-10-19(24)17(11-20(16)30-2)21(27)26-32(3,28)29/h4-13H,1-3H3,(H,26,27)/t13-/m0/s1. The molecule has 0 aliphatic carbocycles. The minimum Gasteiger partial charge on any atom is -0.496 e. The zero-order valence-corrected chi connectivity index (χ0v) is 19.0. The second-order valence-corrected chi connectivity index (χ2v) is 9.07. The molecule has 0 saturated carbocycles. The van der Waals surface area contributed by atoms with Gasteiger partial charge >= 0.3 is 0 Å². The topological polar surface area (TPSA) is 94.6 Å². The fraction of sp³-hybridized carbons (Fsp3) is 0.182. The monoisotopic (exact) mass is 478 g/mol. The van der Waals surface area contributed by atoms with Crippen LogP contribution in [0.15, 0.2) is 54.7 Å². The van der Waals surface area contributed by atoms with Crippen LogP contribution in [-0.4, -0.2) is 32.7 Å². The Hall–Kier alpha value is -3.17. The molecule has 7 nitrogen and oxygen atoms in total. The summed E-state index contributed by atoms with van der Waals surface area (Å²) in [5.74, 6) is -1.70. The van der Waals surface area contributed by atoms with Crippen molar-refractivity contribution in [3.05, 3.63) is 76.7 Å². The maximum atomic E-state index is 14.6. The smallest absolute Gasteiger partial charge is 0.267 e. The molecule has 1 amide bonds. The van der Waals surface area contributed by atoms with E-state index in [1.54, 1.807) is 4.72 Å². The lowest BCUT2D eigenvalue weighted by Crippen LogP contribution is -2.30. The van der Waals surface area contributed by atoms with E-state index in [1.807, 2.05) is 37.3 Å². The number of amides is 1. The molecule has 0 unspecified atom stereocenters. The molecule has 0 radical (unpaired) electrons. The summed E-state index contributed by atoms with van der Waals surface area (Å²) in [7, 11) is -2.52. The van der Waals surface area contributed by atoms with Gasteiger partial charge in [0.05, 0.1) is 18.9 Å². The van der Waals surface area contributed by atoms with Crippen LogP contribution >= 0.6 is 11.6 Å². The normalized spacial score (nSPS) is 12.2. The molecule has 1 aromatic heterocycles. The molecule has 0 saturated heterocycles. The Labute approximate surface area is 190 Å².